The van der Waals surface area contributed by atoms with Gasteiger partial charge in [-0.05, 0) is 34.0 Å². The standard InChI is InChI=1S/C14H14O2S3/c1(11-5-15-11)9-3-13(17-7-9)19-14-4-10(8-18-14)2-12-6-16-12/h3-4,7-8,11-12H,1-2,5-6H2. The van der Waals surface area contributed by atoms with Crippen LogP contribution in [0.15, 0.2) is 31.3 Å². The van der Waals surface area contributed by atoms with E-state index in [1.807, 2.05) is 34.4 Å². The summed E-state index contributed by atoms with van der Waals surface area (Å²) < 4.78 is 13.3. The summed E-state index contributed by atoms with van der Waals surface area (Å²) in [5, 5.41) is 4.52. The Kier molecular flexibility index (Phi) is 3.41. The van der Waals surface area contributed by atoms with Gasteiger partial charge < -0.3 is 9.47 Å². The van der Waals surface area contributed by atoms with Crippen molar-refractivity contribution in [3.8, 4) is 0 Å². The third-order valence-electron chi connectivity index (χ3n) is 3.19. The molecule has 0 radical (unpaired) electrons. The molecule has 2 aromatic rings. The molecule has 0 N–H and O–H groups in total. The minimum atomic E-state index is 0.485. The van der Waals surface area contributed by atoms with Crippen LogP contribution in [0.5, 0.6) is 0 Å². The van der Waals surface area contributed by atoms with Crippen LogP contribution in [0.25, 0.3) is 0 Å². The van der Waals surface area contributed by atoms with Crippen LogP contribution < -0.4 is 0 Å². The van der Waals surface area contributed by atoms with E-state index in [0.717, 1.165) is 26.1 Å². The van der Waals surface area contributed by atoms with Crippen LogP contribution >= 0.6 is 34.4 Å². The molecule has 0 bridgehead atoms. The first-order chi connectivity index (χ1) is 9.35. The number of epoxide rings is 2. The average Bonchev–Trinajstić information content (AvgIpc) is 3.28. The Morgan fingerprint density at radius 2 is 1.42 bits per heavy atom. The molecule has 2 aliphatic rings. The van der Waals surface area contributed by atoms with Crippen LogP contribution in [0.4, 0.5) is 0 Å². The van der Waals surface area contributed by atoms with Gasteiger partial charge in [0.2, 0.25) is 0 Å². The molecule has 2 aromatic heterocycles. The van der Waals surface area contributed by atoms with Crippen molar-refractivity contribution < 1.29 is 9.47 Å². The van der Waals surface area contributed by atoms with Crippen LogP contribution in [0.1, 0.15) is 11.1 Å². The van der Waals surface area contributed by atoms with Crippen LogP contribution in [-0.2, 0) is 22.3 Å². The van der Waals surface area contributed by atoms with E-state index in [1.165, 1.54) is 19.5 Å². The Labute approximate surface area is 124 Å². The first-order valence-electron chi connectivity index (χ1n) is 6.41. The van der Waals surface area contributed by atoms with Gasteiger partial charge in [0.25, 0.3) is 0 Å². The summed E-state index contributed by atoms with van der Waals surface area (Å²) in [6, 6.07) is 4.61. The lowest BCUT2D eigenvalue weighted by Gasteiger charge is -1.93. The molecule has 2 saturated heterocycles. The summed E-state index contributed by atoms with van der Waals surface area (Å²) in [6.45, 7) is 1.88. The zero-order valence-corrected chi connectivity index (χ0v) is 12.8. The SMILES string of the molecule is c1sc(Sc2cc(CC3CO3)cs2)cc1CC1CO1. The molecule has 4 rings (SSSR count). The summed E-state index contributed by atoms with van der Waals surface area (Å²) in [5.41, 5.74) is 2.83. The highest BCUT2D eigenvalue weighted by Gasteiger charge is 2.24. The van der Waals surface area contributed by atoms with Gasteiger partial charge in [0, 0.05) is 12.8 Å². The van der Waals surface area contributed by atoms with Crippen molar-refractivity contribution in [2.24, 2.45) is 0 Å². The maximum absolute atomic E-state index is 5.27. The van der Waals surface area contributed by atoms with Gasteiger partial charge in [-0.3, -0.25) is 0 Å². The van der Waals surface area contributed by atoms with Crippen molar-refractivity contribution in [3.05, 3.63) is 34.0 Å². The topological polar surface area (TPSA) is 25.1 Å². The molecule has 5 heteroatoms. The van der Waals surface area contributed by atoms with E-state index in [2.05, 4.69) is 22.9 Å². The van der Waals surface area contributed by atoms with Crippen molar-refractivity contribution in [1.29, 1.82) is 0 Å². The van der Waals surface area contributed by atoms with E-state index in [4.69, 9.17) is 9.47 Å². The molecule has 0 aromatic carbocycles. The molecule has 0 saturated carbocycles. The molecule has 2 fully saturated rings. The minimum Gasteiger partial charge on any atom is -0.373 e. The quantitative estimate of drug-likeness (QED) is 0.758. The summed E-state index contributed by atoms with van der Waals surface area (Å²) in [5.74, 6) is 0. The van der Waals surface area contributed by atoms with Crippen LogP contribution in [0.3, 0.4) is 0 Å². The monoisotopic (exact) mass is 310 g/mol. The maximum atomic E-state index is 5.27. The van der Waals surface area contributed by atoms with Crippen molar-refractivity contribution in [2.75, 3.05) is 13.2 Å². The number of rotatable bonds is 6. The Hall–Kier alpha value is -0.330. The van der Waals surface area contributed by atoms with Gasteiger partial charge in [-0.2, -0.15) is 0 Å². The van der Waals surface area contributed by atoms with Crippen LogP contribution in [-0.4, -0.2) is 25.4 Å². The molecule has 2 unspecified atom stereocenters. The lowest BCUT2D eigenvalue weighted by molar-refractivity contribution is 0.407. The van der Waals surface area contributed by atoms with E-state index in [1.54, 1.807) is 0 Å². The number of hydrogen-bond acceptors (Lipinski definition) is 5. The summed E-state index contributed by atoms with van der Waals surface area (Å²) in [6.07, 6.45) is 3.12. The summed E-state index contributed by atoms with van der Waals surface area (Å²) in [7, 11) is 0. The highest BCUT2D eigenvalue weighted by molar-refractivity contribution is 8.02. The lowest BCUT2D eigenvalue weighted by atomic mass is 10.2. The molecular weight excluding hydrogens is 296 g/mol. The second kappa shape index (κ2) is 5.22. The van der Waals surface area contributed by atoms with Crippen molar-refractivity contribution in [2.45, 2.75) is 33.5 Å². The predicted octanol–water partition coefficient (Wildman–Crippen LogP) is 3.84. The van der Waals surface area contributed by atoms with Gasteiger partial charge in [-0.25, -0.2) is 0 Å². The van der Waals surface area contributed by atoms with Gasteiger partial charge in [-0.15, -0.1) is 22.7 Å². The molecule has 0 aliphatic carbocycles. The zero-order valence-electron chi connectivity index (χ0n) is 10.3. The van der Waals surface area contributed by atoms with E-state index in [0.29, 0.717) is 12.2 Å². The third kappa shape index (κ3) is 3.41. The Bertz CT molecular complexity index is 517. The number of ether oxygens (including phenoxy) is 2. The molecule has 0 amide bonds. The zero-order chi connectivity index (χ0) is 12.7. The van der Waals surface area contributed by atoms with Crippen LogP contribution in [0, 0.1) is 0 Å². The predicted molar refractivity (Wildman–Crippen MR) is 79.6 cm³/mol. The molecule has 0 spiro atoms. The molecule has 19 heavy (non-hydrogen) atoms. The van der Waals surface area contributed by atoms with Crippen LogP contribution in [0.2, 0.25) is 0 Å². The van der Waals surface area contributed by atoms with Crippen molar-refractivity contribution in [3.63, 3.8) is 0 Å². The van der Waals surface area contributed by atoms with E-state index in [9.17, 15) is 0 Å². The lowest BCUT2D eigenvalue weighted by Crippen LogP contribution is -1.89. The second-order valence-corrected chi connectivity index (χ2v) is 8.39. The van der Waals surface area contributed by atoms with E-state index < -0.39 is 0 Å². The van der Waals surface area contributed by atoms with E-state index >= 15 is 0 Å². The molecule has 2 aliphatic heterocycles. The maximum Gasteiger partial charge on any atom is 0.0850 e. The van der Waals surface area contributed by atoms with Gasteiger partial charge in [0.1, 0.15) is 0 Å². The largest absolute Gasteiger partial charge is 0.373 e. The Morgan fingerprint density at radius 3 is 1.84 bits per heavy atom. The fourth-order valence-corrected chi connectivity index (χ4v) is 5.32. The fourth-order valence-electron chi connectivity index (χ4n) is 2.02. The summed E-state index contributed by atoms with van der Waals surface area (Å²) >= 11 is 5.56. The van der Waals surface area contributed by atoms with E-state index in [-0.39, 0.29) is 0 Å². The Balaban J connectivity index is 1.38. The smallest absolute Gasteiger partial charge is 0.0850 e. The normalized spacial score (nSPS) is 24.6. The second-order valence-electron chi connectivity index (χ2n) is 4.97. The van der Waals surface area contributed by atoms with Crippen molar-refractivity contribution >= 4 is 34.4 Å². The molecular formula is C14H14O2S3. The van der Waals surface area contributed by atoms with Crippen molar-refractivity contribution in [1.82, 2.24) is 0 Å². The van der Waals surface area contributed by atoms with Gasteiger partial charge in [0.05, 0.1) is 33.8 Å². The van der Waals surface area contributed by atoms with Gasteiger partial charge in [0.15, 0.2) is 0 Å². The average molecular weight is 310 g/mol. The molecule has 2 atom stereocenters. The molecule has 2 nitrogen and oxygen atoms in total. The Morgan fingerprint density at radius 1 is 0.947 bits per heavy atom. The number of thiophene rings is 2. The minimum absolute atomic E-state index is 0.485. The molecule has 4 heterocycles. The summed E-state index contributed by atoms with van der Waals surface area (Å²) in [4.78, 5) is 0. The van der Waals surface area contributed by atoms with Gasteiger partial charge >= 0.3 is 0 Å². The highest BCUT2D eigenvalue weighted by atomic mass is 32.2. The third-order valence-corrected chi connectivity index (χ3v) is 6.45. The first kappa shape index (κ1) is 12.4. The van der Waals surface area contributed by atoms with Gasteiger partial charge in [-0.1, -0.05) is 11.8 Å². The molecule has 100 valence electrons. The first-order valence-corrected chi connectivity index (χ1v) is 8.98. The highest BCUT2D eigenvalue weighted by Crippen LogP contribution is 2.37. The number of hydrogen-bond donors (Lipinski definition) is 0. The fraction of sp³-hybridized carbons (Fsp3) is 0.429.